The van der Waals surface area contributed by atoms with E-state index in [-0.39, 0.29) is 0 Å². The number of hydrogen-bond acceptors (Lipinski definition) is 7. The number of nitrogens with two attached hydrogens (primary N) is 1. The molecule has 0 atom stereocenters. The molecular weight excluding hydrogens is 420 g/mol. The van der Waals surface area contributed by atoms with Crippen LogP contribution in [0.25, 0.3) is 22.2 Å². The molecule has 3 N–H and O–H groups in total. The van der Waals surface area contributed by atoms with E-state index < -0.39 is 6.09 Å². The van der Waals surface area contributed by atoms with E-state index in [4.69, 9.17) is 26.8 Å². The third-order valence-electron chi connectivity index (χ3n) is 4.46. The van der Waals surface area contributed by atoms with Gasteiger partial charge in [-0.2, -0.15) is 15.3 Å². The average molecular weight is 439 g/mol. The Balaban J connectivity index is 1.61. The van der Waals surface area contributed by atoms with E-state index in [9.17, 15) is 4.79 Å². The van der Waals surface area contributed by atoms with Gasteiger partial charge in [-0.1, -0.05) is 23.7 Å². The summed E-state index contributed by atoms with van der Waals surface area (Å²) in [5.74, 6) is 0.875. The first-order valence-electron chi connectivity index (χ1n) is 9.41. The molecule has 158 valence electrons. The fourth-order valence-corrected chi connectivity index (χ4v) is 3.38. The van der Waals surface area contributed by atoms with E-state index >= 15 is 0 Å². The van der Waals surface area contributed by atoms with Gasteiger partial charge in [-0.05, 0) is 30.3 Å². The van der Waals surface area contributed by atoms with Crippen LogP contribution in [0.2, 0.25) is 5.02 Å². The van der Waals surface area contributed by atoms with Crippen LogP contribution in [0, 0.1) is 0 Å². The summed E-state index contributed by atoms with van der Waals surface area (Å²) >= 11 is 6.32. The number of ether oxygens (including phenoxy) is 2. The number of carbonyl (C=O) groups excluding carboxylic acids is 1. The van der Waals surface area contributed by atoms with Crippen molar-refractivity contribution < 1.29 is 14.3 Å². The number of carbonyl (C=O) groups is 1. The van der Waals surface area contributed by atoms with Crippen LogP contribution in [0.5, 0.6) is 11.5 Å². The molecule has 9 nitrogen and oxygen atoms in total. The topological polar surface area (TPSA) is 117 Å². The summed E-state index contributed by atoms with van der Waals surface area (Å²) in [5, 5.41) is 15.9. The van der Waals surface area contributed by atoms with E-state index in [0.29, 0.717) is 57.5 Å². The highest BCUT2D eigenvalue weighted by Gasteiger charge is 2.17. The largest absolute Gasteiger partial charge is 0.492 e. The molecular formula is C21H19ClN6O3. The van der Waals surface area contributed by atoms with E-state index in [0.717, 1.165) is 0 Å². The molecule has 0 saturated heterocycles. The Kier molecular flexibility index (Phi) is 5.96. The molecule has 0 aliphatic rings. The summed E-state index contributed by atoms with van der Waals surface area (Å²) in [6.45, 7) is 0.693. The van der Waals surface area contributed by atoms with Gasteiger partial charge in [-0.15, -0.1) is 0 Å². The van der Waals surface area contributed by atoms with Crippen molar-refractivity contribution in [2.45, 2.75) is 0 Å². The minimum Gasteiger partial charge on any atom is -0.492 e. The minimum absolute atomic E-state index is 0.306. The highest BCUT2D eigenvalue weighted by atomic mass is 35.5. The van der Waals surface area contributed by atoms with Gasteiger partial charge in [0.2, 0.25) is 0 Å². The Morgan fingerprint density at radius 3 is 2.81 bits per heavy atom. The molecule has 2 aromatic heterocycles. The molecule has 0 fully saturated rings. The average Bonchev–Trinajstić information content (AvgIpc) is 3.11. The lowest BCUT2D eigenvalue weighted by atomic mass is 10.1. The summed E-state index contributed by atoms with van der Waals surface area (Å²) in [6, 6.07) is 12.4. The van der Waals surface area contributed by atoms with Crippen molar-refractivity contribution in [1.82, 2.24) is 20.0 Å². The number of nitrogens with one attached hydrogen (secondary N) is 1. The van der Waals surface area contributed by atoms with Gasteiger partial charge >= 0.3 is 6.09 Å². The van der Waals surface area contributed by atoms with Gasteiger partial charge in [0.15, 0.2) is 5.75 Å². The monoisotopic (exact) mass is 438 g/mol. The molecule has 4 aromatic rings. The fourth-order valence-electron chi connectivity index (χ4n) is 3.11. The van der Waals surface area contributed by atoms with Crippen molar-refractivity contribution in [2.75, 3.05) is 18.5 Å². The molecule has 0 radical (unpaired) electrons. The van der Waals surface area contributed by atoms with Gasteiger partial charge in [0.25, 0.3) is 0 Å². The summed E-state index contributed by atoms with van der Waals surface area (Å²) in [7, 11) is 1.77. The Hall–Kier alpha value is -3.69. The maximum absolute atomic E-state index is 12.5. The van der Waals surface area contributed by atoms with Crippen molar-refractivity contribution in [3.63, 3.8) is 0 Å². The zero-order valence-corrected chi connectivity index (χ0v) is 17.3. The Bertz CT molecular complexity index is 1220. The quantitative estimate of drug-likeness (QED) is 0.472. The summed E-state index contributed by atoms with van der Waals surface area (Å²) in [4.78, 5) is 12.5. The normalized spacial score (nSPS) is 10.8. The number of hydrogen-bond donors (Lipinski definition) is 2. The van der Waals surface area contributed by atoms with Crippen LogP contribution in [0.1, 0.15) is 0 Å². The summed E-state index contributed by atoms with van der Waals surface area (Å²) < 4.78 is 12.8. The lowest BCUT2D eigenvalue weighted by molar-refractivity contribution is 0.215. The lowest BCUT2D eigenvalue weighted by Gasteiger charge is -2.14. The summed E-state index contributed by atoms with van der Waals surface area (Å²) in [6.07, 6.45) is 2.27. The maximum Gasteiger partial charge on any atom is 0.417 e. The van der Waals surface area contributed by atoms with Gasteiger partial charge in [0.1, 0.15) is 12.4 Å². The number of nitrogens with zero attached hydrogens (tertiary/aromatic N) is 4. The molecule has 0 spiro atoms. The van der Waals surface area contributed by atoms with E-state index in [2.05, 4.69) is 20.6 Å². The van der Waals surface area contributed by atoms with Crippen molar-refractivity contribution in [3.05, 3.63) is 59.9 Å². The molecule has 4 rings (SSSR count). The fraction of sp³-hybridized carbons (Fsp3) is 0.143. The molecule has 10 heteroatoms. The van der Waals surface area contributed by atoms with Crippen molar-refractivity contribution in [3.8, 4) is 22.8 Å². The predicted octanol–water partition coefficient (Wildman–Crippen LogP) is 3.63. The minimum atomic E-state index is -0.671. The zero-order chi connectivity index (χ0) is 21.8. The molecule has 2 heterocycles. The third-order valence-corrected chi connectivity index (χ3v) is 4.74. The van der Waals surface area contributed by atoms with Crippen molar-refractivity contribution in [2.24, 2.45) is 12.8 Å². The molecule has 0 aliphatic carbocycles. The standard InChI is InChI=1S/C21H19ClN6O3/c1-28-20(16(22)11-25-28)15-10-13(6-7-18(15)30-9-8-23)26-21(29)31-19-12-24-27-17-5-3-2-4-14(17)19/h2-7,10-12H,8-9,23H2,1H3,(H,26,29). The van der Waals surface area contributed by atoms with Crippen molar-refractivity contribution in [1.29, 1.82) is 0 Å². The molecule has 0 saturated carbocycles. The highest BCUT2D eigenvalue weighted by Crippen LogP contribution is 2.36. The van der Waals surface area contributed by atoms with Gasteiger partial charge in [-0.3, -0.25) is 10.00 Å². The van der Waals surface area contributed by atoms with E-state index in [1.807, 2.05) is 12.1 Å². The molecule has 2 aromatic carbocycles. The Labute approximate surface area is 182 Å². The summed E-state index contributed by atoms with van der Waals surface area (Å²) in [5.41, 5.74) is 7.99. The number of halogens is 1. The van der Waals surface area contributed by atoms with Gasteiger partial charge < -0.3 is 15.2 Å². The smallest absolute Gasteiger partial charge is 0.417 e. The second-order valence-electron chi connectivity index (χ2n) is 6.55. The number of benzene rings is 2. The number of anilines is 1. The lowest BCUT2D eigenvalue weighted by Crippen LogP contribution is -2.17. The predicted molar refractivity (Wildman–Crippen MR) is 117 cm³/mol. The number of aryl methyl sites for hydroxylation is 1. The van der Waals surface area contributed by atoms with Crippen LogP contribution in [0.4, 0.5) is 10.5 Å². The van der Waals surface area contributed by atoms with Crippen LogP contribution < -0.4 is 20.5 Å². The Morgan fingerprint density at radius 2 is 2.03 bits per heavy atom. The molecule has 31 heavy (non-hydrogen) atoms. The van der Waals surface area contributed by atoms with Crippen LogP contribution >= 0.6 is 11.6 Å². The number of rotatable bonds is 6. The van der Waals surface area contributed by atoms with Gasteiger partial charge in [0.05, 0.1) is 28.6 Å². The van der Waals surface area contributed by atoms with Gasteiger partial charge in [-0.25, -0.2) is 4.79 Å². The van der Waals surface area contributed by atoms with E-state index in [1.165, 1.54) is 6.20 Å². The first-order valence-corrected chi connectivity index (χ1v) is 9.78. The van der Waals surface area contributed by atoms with E-state index in [1.54, 1.807) is 48.3 Å². The second-order valence-corrected chi connectivity index (χ2v) is 6.96. The van der Waals surface area contributed by atoms with Crippen LogP contribution in [-0.2, 0) is 7.05 Å². The first-order chi connectivity index (χ1) is 15.1. The maximum atomic E-state index is 12.5. The highest BCUT2D eigenvalue weighted by molar-refractivity contribution is 6.33. The van der Waals surface area contributed by atoms with Crippen LogP contribution in [0.15, 0.2) is 54.9 Å². The van der Waals surface area contributed by atoms with Crippen LogP contribution in [0.3, 0.4) is 0 Å². The SMILES string of the molecule is Cn1ncc(Cl)c1-c1cc(NC(=O)Oc2cnnc3ccccc23)ccc1OCCN. The number of aromatic nitrogens is 4. The third kappa shape index (κ3) is 4.42. The molecule has 0 bridgehead atoms. The molecule has 0 unspecified atom stereocenters. The molecule has 0 aliphatic heterocycles. The Morgan fingerprint density at radius 1 is 1.19 bits per heavy atom. The number of fused-ring (bicyclic) bond motifs is 1. The zero-order valence-electron chi connectivity index (χ0n) is 16.6. The van der Waals surface area contributed by atoms with Crippen molar-refractivity contribution >= 4 is 34.3 Å². The molecule has 1 amide bonds. The van der Waals surface area contributed by atoms with Gasteiger partial charge in [0, 0.05) is 30.2 Å². The first kappa shape index (κ1) is 20.6. The second kappa shape index (κ2) is 8.99. The van der Waals surface area contributed by atoms with Crippen LogP contribution in [-0.4, -0.2) is 39.2 Å². The number of amides is 1.